The fourth-order valence-corrected chi connectivity index (χ4v) is 16.9. The van der Waals surface area contributed by atoms with Crippen LogP contribution in [0.25, 0.3) is 168 Å². The van der Waals surface area contributed by atoms with Gasteiger partial charge in [-0.25, -0.2) is 9.97 Å². The number of phenols is 2. The molecule has 0 spiro atoms. The number of aromatic hydroxyl groups is 2. The van der Waals surface area contributed by atoms with Gasteiger partial charge >= 0.3 is 0 Å². The Hall–Kier alpha value is -12.7. The standard InChI is InChI=1S/C61H58N3O.C58H52N3O.2Pt/c1-39-32-51(57(65)52(33-39)61(8,9)10)58-63-56-49(22-17-23-55(56)64(58)54-29-28-48(60(5,6)7)38-50(54)42-20-15-12-16-21-42)45-34-44(40-18-13-11-14-19-40)35-46(36-45)53-37-43(30-31-62-53)41-24-26-47(27-25-41)59(2,3)4;1-37-22-27-52(48(30-37)41-18-13-10-14-19-41)61-53-21-15-20-47(54(53)60-56(61)49-31-38(2)32-50(55(49)62)58(6,7)8)44-33-43(39-16-11-9-12-17-39)34-45(35-44)51-36-42(28-29-59-51)40-23-25-46(26-24-40)57(3,4)5;;/h11-35,37-38,65H,1-10H3;9-34,36,62H,1-8H3;;/q2*-1;;/i2D3,3D3,4D3;3D3,4D3,5D3;;. The third kappa shape index (κ3) is 19.0. The van der Waals surface area contributed by atoms with E-state index in [4.69, 9.17) is 44.6 Å². The zero-order chi connectivity index (χ0) is 104. The number of imidazole rings is 2. The van der Waals surface area contributed by atoms with E-state index in [1.807, 2.05) is 184 Å². The van der Waals surface area contributed by atoms with Crippen LogP contribution < -0.4 is 0 Å². The third-order valence-corrected chi connectivity index (χ3v) is 23.5. The van der Waals surface area contributed by atoms with E-state index in [2.05, 4.69) is 175 Å². The van der Waals surface area contributed by atoms with Crippen molar-refractivity contribution in [3.63, 3.8) is 0 Å². The minimum Gasteiger partial charge on any atom is -0.507 e. The summed E-state index contributed by atoms with van der Waals surface area (Å²) < 4.78 is 152. The number of benzene rings is 14. The summed E-state index contributed by atoms with van der Waals surface area (Å²) in [5.74, 6) is 1.49. The molecule has 650 valence electrons. The fourth-order valence-electron chi connectivity index (χ4n) is 16.9. The Bertz CT molecular complexity index is 7860. The third-order valence-electron chi connectivity index (χ3n) is 23.5. The Balaban J connectivity index is 0.000000218. The molecule has 0 amide bonds. The van der Waals surface area contributed by atoms with Crippen molar-refractivity contribution in [3.8, 4) is 157 Å². The first-order valence-corrected chi connectivity index (χ1v) is 42.7. The maximum atomic E-state index is 12.4. The van der Waals surface area contributed by atoms with Gasteiger partial charge in [-0.15, -0.1) is 47.5 Å². The van der Waals surface area contributed by atoms with Crippen molar-refractivity contribution in [1.29, 1.82) is 0 Å². The van der Waals surface area contributed by atoms with Crippen molar-refractivity contribution in [2.45, 2.75) is 151 Å². The van der Waals surface area contributed by atoms with Gasteiger partial charge in [-0.05, 0) is 181 Å². The summed E-state index contributed by atoms with van der Waals surface area (Å²) in [6.45, 7) is 5.07. The Morgan fingerprint density at radius 3 is 1.01 bits per heavy atom. The molecule has 0 aliphatic rings. The number of pyridine rings is 2. The van der Waals surface area contributed by atoms with Crippen LogP contribution in [0.1, 0.15) is 173 Å². The summed E-state index contributed by atoms with van der Waals surface area (Å²) >= 11 is 0. The molecule has 14 aromatic carbocycles. The van der Waals surface area contributed by atoms with Crippen LogP contribution >= 0.6 is 0 Å². The number of aromatic nitrogens is 6. The molecule has 0 aliphatic carbocycles. The Morgan fingerprint density at radius 1 is 0.279 bits per heavy atom. The van der Waals surface area contributed by atoms with Gasteiger partial charge in [0, 0.05) is 113 Å². The van der Waals surface area contributed by atoms with Gasteiger partial charge < -0.3 is 10.2 Å². The number of hydrogen-bond donors (Lipinski definition) is 2. The van der Waals surface area contributed by atoms with Crippen LogP contribution in [0.4, 0.5) is 0 Å². The number of rotatable bonds is 14. The molecule has 0 bridgehead atoms. The second kappa shape index (κ2) is 36.4. The molecule has 0 fully saturated rings. The van der Waals surface area contributed by atoms with Crippen LogP contribution in [0, 0.1) is 32.9 Å². The second-order valence-electron chi connectivity index (χ2n) is 36.2. The van der Waals surface area contributed by atoms with Crippen molar-refractivity contribution in [2.75, 3.05) is 0 Å². The summed E-state index contributed by atoms with van der Waals surface area (Å²) in [6, 6.07) is 108. The molecule has 4 heterocycles. The summed E-state index contributed by atoms with van der Waals surface area (Å²) in [6.07, 6.45) is 3.31. The van der Waals surface area contributed by atoms with Gasteiger partial charge in [-0.3, -0.25) is 19.1 Å². The summed E-state index contributed by atoms with van der Waals surface area (Å²) in [4.78, 5) is 20.7. The molecular formula is C119H110N6O2Pt2-2. The molecule has 0 saturated carbocycles. The number of nitrogens with zero attached hydrogens (tertiary/aromatic N) is 6. The first-order chi connectivity index (χ1) is 68.2. The van der Waals surface area contributed by atoms with Crippen LogP contribution in [0.2, 0.25) is 0 Å². The minimum absolute atomic E-state index is 0. The molecule has 18 aromatic rings. The molecule has 0 radical (unpaired) electrons. The topological polar surface area (TPSA) is 102 Å². The minimum atomic E-state index is -3.38. The number of para-hydroxylation sites is 2. The first-order valence-electron chi connectivity index (χ1n) is 51.7. The van der Waals surface area contributed by atoms with Gasteiger partial charge in [0.15, 0.2) is 0 Å². The van der Waals surface area contributed by atoms with Gasteiger partial charge in [-0.2, -0.15) is 0 Å². The Morgan fingerprint density at radius 2 is 0.628 bits per heavy atom. The van der Waals surface area contributed by atoms with Gasteiger partial charge in [0.2, 0.25) is 0 Å². The average molecular weight is 2060 g/mol. The van der Waals surface area contributed by atoms with E-state index in [9.17, 15) is 10.2 Å². The smallest absolute Gasteiger partial charge is 0.148 e. The molecule has 129 heavy (non-hydrogen) atoms. The molecule has 0 saturated heterocycles. The normalized spacial score (nSPS) is 14.5. The molecule has 18 rings (SSSR count). The van der Waals surface area contributed by atoms with E-state index >= 15 is 0 Å². The van der Waals surface area contributed by atoms with Crippen LogP contribution in [-0.4, -0.2) is 39.3 Å². The average Bonchev–Trinajstić information content (AvgIpc) is 1.48. The maximum absolute atomic E-state index is 12.4. The molecule has 0 atom stereocenters. The number of fused-ring (bicyclic) bond motifs is 2. The summed E-state index contributed by atoms with van der Waals surface area (Å²) in [5, 5.41) is 24.6. The molecule has 2 N–H and O–H groups in total. The molecule has 4 aromatic heterocycles. The van der Waals surface area contributed by atoms with Crippen LogP contribution in [0.15, 0.2) is 328 Å². The van der Waals surface area contributed by atoms with Gasteiger partial charge in [0.25, 0.3) is 0 Å². The monoisotopic (exact) mass is 2060 g/mol. The van der Waals surface area contributed by atoms with Crippen molar-refractivity contribution in [2.24, 2.45) is 0 Å². The van der Waals surface area contributed by atoms with Crippen molar-refractivity contribution in [3.05, 3.63) is 384 Å². The van der Waals surface area contributed by atoms with Crippen molar-refractivity contribution in [1.82, 2.24) is 29.1 Å². The largest absolute Gasteiger partial charge is 0.507 e. The predicted octanol–water partition coefficient (Wildman–Crippen LogP) is 31.3. The number of aryl methyl sites for hydroxylation is 3. The fraction of sp³-hybridized carbons (Fsp3) is 0.193. The van der Waals surface area contributed by atoms with Gasteiger partial charge in [0.05, 0.1) is 44.6 Å². The van der Waals surface area contributed by atoms with E-state index in [1.54, 1.807) is 48.8 Å². The molecule has 0 unspecified atom stereocenters. The zero-order valence-corrected chi connectivity index (χ0v) is 78.4. The van der Waals surface area contributed by atoms with Gasteiger partial charge in [-0.1, -0.05) is 373 Å². The van der Waals surface area contributed by atoms with Gasteiger partial charge in [0.1, 0.15) is 23.1 Å². The molecule has 0 aliphatic heterocycles. The first kappa shape index (κ1) is 70.3. The zero-order valence-electron chi connectivity index (χ0n) is 91.9. The molecular weight excluding hydrogens is 1940 g/mol. The van der Waals surface area contributed by atoms with E-state index < -0.39 is 51.9 Å². The Kier molecular flexibility index (Phi) is 19.9. The second-order valence-corrected chi connectivity index (χ2v) is 36.2. The molecule has 10 heteroatoms. The predicted molar refractivity (Wildman–Crippen MR) is 532 cm³/mol. The summed E-state index contributed by atoms with van der Waals surface area (Å²) in [5.41, 5.74) is 20.0. The van der Waals surface area contributed by atoms with Crippen LogP contribution in [-0.2, 0) is 69.2 Å². The van der Waals surface area contributed by atoms with E-state index in [0.29, 0.717) is 78.6 Å². The summed E-state index contributed by atoms with van der Waals surface area (Å²) in [7, 11) is 0. The van der Waals surface area contributed by atoms with Crippen molar-refractivity contribution >= 4 is 22.1 Å². The van der Waals surface area contributed by atoms with Crippen LogP contribution in [0.3, 0.4) is 0 Å². The van der Waals surface area contributed by atoms with E-state index in [-0.39, 0.29) is 81.0 Å². The van der Waals surface area contributed by atoms with E-state index in [0.717, 1.165) is 117 Å². The van der Waals surface area contributed by atoms with Crippen LogP contribution in [0.5, 0.6) is 11.5 Å². The molecule has 8 nitrogen and oxygen atoms in total. The SMILES string of the molecule is [2H]C([2H])([2H])C(c1ccc(-c2ccnc(-c3[c-]c(-c4cccc5c4nc(-c4cc(C)cc(C(C)(C)C)c4O)n5-c4ccc(C(C)(C)C)cc4-c4ccccc4)cc(-c4ccccc4)c3)c2)cc1)(C([2H])([2H])[2H])C([2H])([2H])[2H].[2H]C([2H])([2H])C(c1ccc(-c2ccnc(-c3[c-]c(-c4cccc5c4nc(-c4cc(C)cc(C(C)(C)C)c4O)n5-c4ccc(C)cc4-c4ccccc4)cc(-c4ccccc4)c3)c2)cc1)(C([2H])([2H])[2H])C([2H])([2H])[2H].[Pt].[Pt]. The maximum Gasteiger partial charge on any atom is 0.148 e. The number of phenolic OH excluding ortho intramolecular Hbond substituents is 2. The van der Waals surface area contributed by atoms with E-state index in [1.165, 1.54) is 29.8 Å². The van der Waals surface area contributed by atoms with Crippen molar-refractivity contribution < 1.29 is 77.0 Å². The number of hydrogen-bond acceptors (Lipinski definition) is 6. The quantitative estimate of drug-likeness (QED) is 0.105. The Labute approximate surface area is 815 Å².